The lowest BCUT2D eigenvalue weighted by molar-refractivity contribution is -0.154. The predicted molar refractivity (Wildman–Crippen MR) is 239 cm³/mol. The molecule has 2 saturated heterocycles. The number of hydrogen-bond acceptors (Lipinski definition) is 17. The Kier molecular flexibility index (Phi) is 14.8. The summed E-state index contributed by atoms with van der Waals surface area (Å²) in [6.07, 6.45) is -7.33. The Morgan fingerprint density at radius 1 is 0.735 bits per heavy atom. The zero-order valence-corrected chi connectivity index (χ0v) is 38.6. The Labute approximate surface area is 388 Å². The van der Waals surface area contributed by atoms with Crippen LogP contribution in [-0.2, 0) is 63.4 Å². The van der Waals surface area contributed by atoms with Crippen LogP contribution in [0.4, 0.5) is 0 Å². The predicted octanol–water partition coefficient (Wildman–Crippen LogP) is 3.34. The third-order valence-corrected chi connectivity index (χ3v) is 13.4. The van der Waals surface area contributed by atoms with Crippen LogP contribution in [0.3, 0.4) is 0 Å². The maximum atomic E-state index is 15.2. The van der Waals surface area contributed by atoms with E-state index in [-0.39, 0.29) is 31.6 Å². The number of aromatic nitrogens is 4. The second-order valence-corrected chi connectivity index (χ2v) is 17.6. The van der Waals surface area contributed by atoms with Crippen molar-refractivity contribution in [3.05, 3.63) is 161 Å². The van der Waals surface area contributed by atoms with Crippen molar-refractivity contribution >= 4 is 13.8 Å². The van der Waals surface area contributed by atoms with Gasteiger partial charge in [-0.2, -0.15) is 0 Å². The number of carbonyl (C=O) groups excluding carboxylic acids is 1. The van der Waals surface area contributed by atoms with Gasteiger partial charge in [-0.05, 0) is 53.8 Å². The summed E-state index contributed by atoms with van der Waals surface area (Å²) in [6.45, 7) is -0.0562. The summed E-state index contributed by atoms with van der Waals surface area (Å²) in [6, 6.07) is 25.2. The lowest BCUT2D eigenvalue weighted by atomic mass is 9.80. The van der Waals surface area contributed by atoms with Crippen LogP contribution in [0, 0.1) is 0 Å². The third kappa shape index (κ3) is 9.80. The molecule has 9 atom stereocenters. The fourth-order valence-corrected chi connectivity index (χ4v) is 10.2. The average Bonchev–Trinajstić information content (AvgIpc) is 3.86. The van der Waals surface area contributed by atoms with Gasteiger partial charge in [0.25, 0.3) is 11.1 Å². The summed E-state index contributed by atoms with van der Waals surface area (Å²) in [5.74, 6) is 0.472. The Morgan fingerprint density at radius 3 is 1.94 bits per heavy atom. The van der Waals surface area contributed by atoms with Gasteiger partial charge >= 0.3 is 25.2 Å². The second-order valence-electron chi connectivity index (χ2n) is 16.0. The van der Waals surface area contributed by atoms with Gasteiger partial charge in [-0.1, -0.05) is 54.6 Å². The maximum Gasteiger partial charge on any atom is 0.475 e. The number of ether oxygens (including phenoxy) is 8. The molecule has 68 heavy (non-hydrogen) atoms. The number of aromatic amines is 2. The highest BCUT2D eigenvalue weighted by atomic mass is 31.2. The monoisotopic (exact) mass is 962 g/mol. The fourth-order valence-electron chi connectivity index (χ4n) is 8.75. The van der Waals surface area contributed by atoms with Crippen LogP contribution in [0.1, 0.15) is 48.1 Å². The first-order chi connectivity index (χ1) is 32.8. The van der Waals surface area contributed by atoms with Crippen LogP contribution in [0.15, 0.2) is 117 Å². The lowest BCUT2D eigenvalue weighted by Crippen LogP contribution is -2.42. The number of nitrogens with one attached hydrogen (secondary N) is 2. The number of phosphoric acid groups is 1. The van der Waals surface area contributed by atoms with Crippen molar-refractivity contribution in [1.29, 1.82) is 0 Å². The van der Waals surface area contributed by atoms with Gasteiger partial charge < -0.3 is 37.9 Å². The molecule has 22 heteroatoms. The minimum absolute atomic E-state index is 0.0377. The van der Waals surface area contributed by atoms with E-state index in [4.69, 9.17) is 51.5 Å². The summed E-state index contributed by atoms with van der Waals surface area (Å²) in [4.78, 5) is 68.7. The smallest absolute Gasteiger partial charge is 0.475 e. The summed E-state index contributed by atoms with van der Waals surface area (Å²) in [5, 5.41) is 0. The zero-order chi connectivity index (χ0) is 48.2. The number of fused-ring (bicyclic) bond motifs is 5. The molecule has 2 aromatic heterocycles. The number of phosphoric ester groups is 1. The number of methoxy groups -OCH3 is 4. The molecule has 1 unspecified atom stereocenters. The topological polar surface area (TPSA) is 245 Å². The quantitative estimate of drug-likeness (QED) is 0.0921. The standard InChI is InChI=1S/C46H51N4O17P/c1-27(51)64-37-35-26-63-68(56,62-23-9-10-28-24-50(45(55)48-41(28)53)43(66-35)39(37)59-4)67-38-34(65-42(40(38)60-5)49-22-21-36(52)47-44(49)54)25-61-46(29-11-7-6-8-12-29,30-13-17-32(57-2)18-14-30)31-15-19-33(58-3)20-16-31/h6-8,11-22,24,34-35,37-40,42-43H,9-10,23,25-26H2,1-5H3,(H,47,52,54)(H,48,53,55)/t34-,35-,37-,38-,39-,40-,42-,43-,68?/m1/s1. The first-order valence-corrected chi connectivity index (χ1v) is 23.0. The molecule has 3 aliphatic rings. The van der Waals surface area contributed by atoms with E-state index in [0.29, 0.717) is 28.2 Å². The van der Waals surface area contributed by atoms with Gasteiger partial charge in [-0.3, -0.25) is 47.1 Å². The van der Waals surface area contributed by atoms with Gasteiger partial charge in [-0.25, -0.2) is 14.2 Å². The molecule has 8 rings (SSSR count). The van der Waals surface area contributed by atoms with Crippen molar-refractivity contribution in [2.24, 2.45) is 0 Å². The lowest BCUT2D eigenvalue weighted by Gasteiger charge is -2.37. The molecule has 2 fully saturated rings. The Hall–Kier alpha value is -6.00. The second kappa shape index (κ2) is 20.7. The van der Waals surface area contributed by atoms with Gasteiger partial charge in [0.15, 0.2) is 18.6 Å². The van der Waals surface area contributed by atoms with Gasteiger partial charge in [0.1, 0.15) is 47.6 Å². The molecular weight excluding hydrogens is 911 g/mol. The first kappa shape index (κ1) is 48.5. The minimum atomic E-state index is -4.84. The van der Waals surface area contributed by atoms with E-state index >= 15 is 4.57 Å². The van der Waals surface area contributed by atoms with E-state index in [1.807, 2.05) is 54.6 Å². The summed E-state index contributed by atoms with van der Waals surface area (Å²) in [5.41, 5.74) is -2.13. The number of aryl methyl sites for hydroxylation is 1. The van der Waals surface area contributed by atoms with Crippen LogP contribution in [0.2, 0.25) is 0 Å². The molecule has 362 valence electrons. The van der Waals surface area contributed by atoms with Gasteiger partial charge in [0.05, 0.1) is 34.0 Å². The minimum Gasteiger partial charge on any atom is -0.497 e. The van der Waals surface area contributed by atoms with Crippen molar-refractivity contribution in [1.82, 2.24) is 19.1 Å². The summed E-state index contributed by atoms with van der Waals surface area (Å²) >= 11 is 0. The van der Waals surface area contributed by atoms with E-state index in [9.17, 15) is 24.0 Å². The number of H-pyrrole nitrogens is 2. The highest BCUT2D eigenvalue weighted by Gasteiger charge is 2.54. The Morgan fingerprint density at radius 2 is 1.34 bits per heavy atom. The molecule has 0 amide bonds. The molecule has 0 aliphatic carbocycles. The molecule has 2 N–H and O–H groups in total. The van der Waals surface area contributed by atoms with E-state index < -0.39 is 97.6 Å². The van der Waals surface area contributed by atoms with Crippen LogP contribution in [0.5, 0.6) is 11.5 Å². The molecule has 5 heterocycles. The normalized spacial score (nSPS) is 26.2. The molecule has 21 nitrogen and oxygen atoms in total. The number of nitrogens with zero attached hydrogens (tertiary/aromatic N) is 2. The number of rotatable bonds is 14. The van der Waals surface area contributed by atoms with Crippen molar-refractivity contribution in [3.8, 4) is 11.5 Å². The average molecular weight is 963 g/mol. The zero-order valence-electron chi connectivity index (χ0n) is 37.7. The molecule has 4 bridgehead atoms. The van der Waals surface area contributed by atoms with Crippen molar-refractivity contribution < 1.29 is 60.8 Å². The molecule has 0 saturated carbocycles. The third-order valence-electron chi connectivity index (χ3n) is 12.0. The highest BCUT2D eigenvalue weighted by Crippen LogP contribution is 2.55. The summed E-state index contributed by atoms with van der Waals surface area (Å²) in [7, 11) is 0.935. The molecule has 0 radical (unpaired) electrons. The number of carbonyl (C=O) groups is 1. The largest absolute Gasteiger partial charge is 0.497 e. The van der Waals surface area contributed by atoms with Crippen LogP contribution < -0.4 is 32.0 Å². The molecule has 0 spiro atoms. The maximum absolute atomic E-state index is 15.2. The van der Waals surface area contributed by atoms with Crippen molar-refractivity contribution in [2.75, 3.05) is 48.3 Å². The van der Waals surface area contributed by atoms with E-state index in [0.717, 1.165) is 15.2 Å². The number of benzene rings is 3. The Balaban J connectivity index is 1.20. The van der Waals surface area contributed by atoms with Gasteiger partial charge in [-0.15, -0.1) is 0 Å². The van der Waals surface area contributed by atoms with E-state index in [1.165, 1.54) is 33.5 Å². The van der Waals surface area contributed by atoms with E-state index in [2.05, 4.69) is 9.97 Å². The molecule has 5 aromatic rings. The number of esters is 1. The molecule has 3 aliphatic heterocycles. The van der Waals surface area contributed by atoms with Crippen LogP contribution in [-0.4, -0.2) is 110 Å². The first-order valence-electron chi connectivity index (χ1n) is 21.6. The van der Waals surface area contributed by atoms with Gasteiger partial charge in [0, 0.05) is 45.2 Å². The molecule has 3 aromatic carbocycles. The van der Waals surface area contributed by atoms with Crippen LogP contribution >= 0.6 is 7.82 Å². The SMILES string of the molecule is COc1ccc(C(OC[C@H]2O[C@@H](n3ccc(=O)[nH]c3=O)[C@H](OC)[C@@H]2OP2(=O)OCCCc3cn(c(=O)[nH]c3=O)[C@@H]3O[C@H](CO2)[C@@H](OC(C)=O)[C@H]3OC)(c2ccccc2)c2ccc(OC)cc2)cc1. The molecular formula is C46H51N4O17P. The van der Waals surface area contributed by atoms with Crippen LogP contribution in [0.25, 0.3) is 0 Å². The van der Waals surface area contributed by atoms with Crippen molar-refractivity contribution in [2.45, 2.75) is 74.4 Å². The van der Waals surface area contributed by atoms with E-state index in [1.54, 1.807) is 38.5 Å². The number of hydrogen-bond donors (Lipinski definition) is 2. The Bertz CT molecular complexity index is 2790. The highest BCUT2D eigenvalue weighted by molar-refractivity contribution is 7.48. The summed E-state index contributed by atoms with van der Waals surface area (Å²) < 4.78 is 84.3. The van der Waals surface area contributed by atoms with Crippen molar-refractivity contribution in [3.63, 3.8) is 0 Å². The van der Waals surface area contributed by atoms with Gasteiger partial charge in [0.2, 0.25) is 0 Å². The fraction of sp³-hybridized carbons (Fsp3) is 0.413.